The number of fused-ring (bicyclic) bond motifs is 1. The van der Waals surface area contributed by atoms with Crippen LogP contribution in [-0.2, 0) is 18.3 Å². The van der Waals surface area contributed by atoms with Gasteiger partial charge in [0.2, 0.25) is 5.91 Å². The van der Waals surface area contributed by atoms with Crippen molar-refractivity contribution >= 4 is 38.6 Å². The fraction of sp³-hybridized carbons (Fsp3) is 0.111. The first-order chi connectivity index (χ1) is 11.5. The molecule has 0 saturated heterocycles. The SMILES string of the molecule is Cn1cc(C(=O)NNC(=O)Cc2ccc(Br)cc2)c2ccccc21. The van der Waals surface area contributed by atoms with Crippen LogP contribution in [-0.4, -0.2) is 16.4 Å². The highest BCUT2D eigenvalue weighted by molar-refractivity contribution is 9.10. The number of aryl methyl sites for hydroxylation is 1. The number of nitrogens with one attached hydrogen (secondary N) is 2. The summed E-state index contributed by atoms with van der Waals surface area (Å²) in [6, 6.07) is 15.1. The van der Waals surface area contributed by atoms with E-state index in [1.54, 1.807) is 6.20 Å². The normalized spacial score (nSPS) is 10.6. The first-order valence-corrected chi connectivity index (χ1v) is 8.21. The molecule has 24 heavy (non-hydrogen) atoms. The average molecular weight is 386 g/mol. The largest absolute Gasteiger partial charge is 0.350 e. The zero-order valence-electron chi connectivity index (χ0n) is 13.0. The lowest BCUT2D eigenvalue weighted by Crippen LogP contribution is -2.42. The topological polar surface area (TPSA) is 63.1 Å². The van der Waals surface area contributed by atoms with Crippen LogP contribution in [0.25, 0.3) is 10.9 Å². The van der Waals surface area contributed by atoms with Crippen LogP contribution in [0.3, 0.4) is 0 Å². The Kier molecular flexibility index (Phi) is 4.66. The Morgan fingerprint density at radius 1 is 1.04 bits per heavy atom. The lowest BCUT2D eigenvalue weighted by molar-refractivity contribution is -0.121. The summed E-state index contributed by atoms with van der Waals surface area (Å²) in [6.45, 7) is 0. The summed E-state index contributed by atoms with van der Waals surface area (Å²) in [7, 11) is 1.88. The molecule has 3 rings (SSSR count). The molecule has 2 amide bonds. The maximum atomic E-state index is 12.3. The van der Waals surface area contributed by atoms with E-state index in [4.69, 9.17) is 0 Å². The molecule has 1 aromatic heterocycles. The van der Waals surface area contributed by atoms with Crippen molar-refractivity contribution in [1.82, 2.24) is 15.4 Å². The highest BCUT2D eigenvalue weighted by atomic mass is 79.9. The van der Waals surface area contributed by atoms with E-state index in [0.29, 0.717) is 5.56 Å². The molecule has 2 aromatic carbocycles. The smallest absolute Gasteiger partial charge is 0.271 e. The van der Waals surface area contributed by atoms with Gasteiger partial charge >= 0.3 is 0 Å². The molecule has 0 aliphatic rings. The van der Waals surface area contributed by atoms with Crippen molar-refractivity contribution in [3.05, 3.63) is 70.3 Å². The molecule has 0 saturated carbocycles. The van der Waals surface area contributed by atoms with E-state index < -0.39 is 0 Å². The number of carbonyl (C=O) groups excluding carboxylic acids is 2. The minimum absolute atomic E-state index is 0.198. The maximum absolute atomic E-state index is 12.3. The lowest BCUT2D eigenvalue weighted by Gasteiger charge is -2.07. The molecule has 122 valence electrons. The molecule has 0 unspecified atom stereocenters. The molecule has 0 radical (unpaired) electrons. The first-order valence-electron chi connectivity index (χ1n) is 7.42. The van der Waals surface area contributed by atoms with Gasteiger partial charge in [-0.1, -0.05) is 46.3 Å². The van der Waals surface area contributed by atoms with Crippen LogP contribution in [0.1, 0.15) is 15.9 Å². The van der Waals surface area contributed by atoms with E-state index in [-0.39, 0.29) is 18.2 Å². The van der Waals surface area contributed by atoms with Crippen molar-refractivity contribution in [3.8, 4) is 0 Å². The molecule has 3 aromatic rings. The number of para-hydroxylation sites is 1. The average Bonchev–Trinajstić information content (AvgIpc) is 2.92. The number of rotatable bonds is 3. The van der Waals surface area contributed by atoms with Crippen LogP contribution in [0.5, 0.6) is 0 Å². The number of hydrazine groups is 1. The molecule has 0 spiro atoms. The van der Waals surface area contributed by atoms with E-state index >= 15 is 0 Å². The van der Waals surface area contributed by atoms with Gasteiger partial charge in [-0.05, 0) is 23.8 Å². The molecule has 0 fully saturated rings. The van der Waals surface area contributed by atoms with Crippen LogP contribution in [0.15, 0.2) is 59.2 Å². The number of carbonyl (C=O) groups is 2. The Morgan fingerprint density at radius 3 is 2.50 bits per heavy atom. The predicted octanol–water partition coefficient (Wildman–Crippen LogP) is 2.94. The molecular weight excluding hydrogens is 370 g/mol. The molecule has 0 bridgehead atoms. The standard InChI is InChI=1S/C18H16BrN3O2/c1-22-11-15(14-4-2-3-5-16(14)22)18(24)21-20-17(23)10-12-6-8-13(19)9-7-12/h2-9,11H,10H2,1H3,(H,20,23)(H,21,24). The van der Waals surface area contributed by atoms with Crippen molar-refractivity contribution in [3.63, 3.8) is 0 Å². The third-order valence-corrected chi connectivity index (χ3v) is 4.26. The van der Waals surface area contributed by atoms with Crippen molar-refractivity contribution in [2.75, 3.05) is 0 Å². The van der Waals surface area contributed by atoms with Gasteiger partial charge in [-0.2, -0.15) is 0 Å². The number of aromatic nitrogens is 1. The highest BCUT2D eigenvalue weighted by Crippen LogP contribution is 2.19. The van der Waals surface area contributed by atoms with Crippen molar-refractivity contribution in [1.29, 1.82) is 0 Å². The molecule has 0 aliphatic carbocycles. The van der Waals surface area contributed by atoms with E-state index in [0.717, 1.165) is 20.9 Å². The quantitative estimate of drug-likeness (QED) is 0.680. The zero-order valence-corrected chi connectivity index (χ0v) is 14.6. The van der Waals surface area contributed by atoms with Crippen molar-refractivity contribution in [2.45, 2.75) is 6.42 Å². The molecule has 1 heterocycles. The van der Waals surface area contributed by atoms with Crippen LogP contribution >= 0.6 is 15.9 Å². The summed E-state index contributed by atoms with van der Waals surface area (Å²) >= 11 is 3.35. The van der Waals surface area contributed by atoms with Crippen molar-refractivity contribution < 1.29 is 9.59 Å². The lowest BCUT2D eigenvalue weighted by atomic mass is 10.1. The van der Waals surface area contributed by atoms with Gasteiger partial charge in [0.1, 0.15) is 0 Å². The summed E-state index contributed by atoms with van der Waals surface area (Å²) in [4.78, 5) is 24.3. The number of nitrogens with zero attached hydrogens (tertiary/aromatic N) is 1. The van der Waals surface area contributed by atoms with Crippen molar-refractivity contribution in [2.24, 2.45) is 7.05 Å². The van der Waals surface area contributed by atoms with Gasteiger partial charge < -0.3 is 4.57 Å². The summed E-state index contributed by atoms with van der Waals surface area (Å²) in [6.07, 6.45) is 1.95. The molecule has 0 atom stereocenters. The summed E-state index contributed by atoms with van der Waals surface area (Å²) < 4.78 is 2.84. The fourth-order valence-electron chi connectivity index (χ4n) is 2.55. The molecule has 5 nitrogen and oxygen atoms in total. The minimum Gasteiger partial charge on any atom is -0.350 e. The number of benzene rings is 2. The first kappa shape index (κ1) is 16.3. The number of halogens is 1. The van der Waals surface area contributed by atoms with Gasteiger partial charge in [-0.15, -0.1) is 0 Å². The Hall–Kier alpha value is -2.60. The van der Waals surface area contributed by atoms with Gasteiger partial charge in [0, 0.05) is 28.6 Å². The monoisotopic (exact) mass is 385 g/mol. The summed E-state index contributed by atoms with van der Waals surface area (Å²) in [5.41, 5.74) is 7.29. The maximum Gasteiger partial charge on any atom is 0.271 e. The second kappa shape index (κ2) is 6.88. The van der Waals surface area contributed by atoms with Gasteiger partial charge in [-0.25, -0.2) is 0 Å². The third-order valence-electron chi connectivity index (χ3n) is 3.73. The van der Waals surface area contributed by atoms with Crippen LogP contribution in [0.4, 0.5) is 0 Å². The Bertz CT molecular complexity index is 900. The Morgan fingerprint density at radius 2 is 1.75 bits per heavy atom. The van der Waals surface area contributed by atoms with Gasteiger partial charge in [0.15, 0.2) is 0 Å². The minimum atomic E-state index is -0.337. The number of amides is 2. The molecular formula is C18H16BrN3O2. The third kappa shape index (κ3) is 3.49. The van der Waals surface area contributed by atoms with Crippen LogP contribution in [0.2, 0.25) is 0 Å². The van der Waals surface area contributed by atoms with E-state index in [1.165, 1.54) is 0 Å². The van der Waals surface area contributed by atoms with Gasteiger partial charge in [-0.3, -0.25) is 20.4 Å². The predicted molar refractivity (Wildman–Crippen MR) is 96.4 cm³/mol. The van der Waals surface area contributed by atoms with E-state index in [9.17, 15) is 9.59 Å². The summed E-state index contributed by atoms with van der Waals surface area (Å²) in [5, 5.41) is 0.847. The van der Waals surface area contributed by atoms with Crippen LogP contribution < -0.4 is 10.9 Å². The second-order valence-corrected chi connectivity index (χ2v) is 6.39. The Balaban J connectivity index is 1.64. The summed E-state index contributed by atoms with van der Waals surface area (Å²) in [5.74, 6) is -0.609. The zero-order chi connectivity index (χ0) is 17.1. The van der Waals surface area contributed by atoms with Crippen LogP contribution in [0, 0.1) is 0 Å². The number of hydrogen-bond acceptors (Lipinski definition) is 2. The molecule has 2 N–H and O–H groups in total. The van der Waals surface area contributed by atoms with E-state index in [2.05, 4.69) is 26.8 Å². The number of hydrogen-bond donors (Lipinski definition) is 2. The van der Waals surface area contributed by atoms with Gasteiger partial charge in [0.25, 0.3) is 5.91 Å². The molecule has 0 aliphatic heterocycles. The van der Waals surface area contributed by atoms with Gasteiger partial charge in [0.05, 0.1) is 12.0 Å². The fourth-order valence-corrected chi connectivity index (χ4v) is 2.81. The molecule has 6 heteroatoms. The van der Waals surface area contributed by atoms with E-state index in [1.807, 2.05) is 60.1 Å². The highest BCUT2D eigenvalue weighted by Gasteiger charge is 2.14. The second-order valence-electron chi connectivity index (χ2n) is 5.48. The Labute approximate surface area is 147 Å².